The zero-order valence-corrected chi connectivity index (χ0v) is 11.7. The van der Waals surface area contributed by atoms with Crippen LogP contribution in [0.15, 0.2) is 22.7 Å². The fourth-order valence-electron chi connectivity index (χ4n) is 2.19. The first-order valence-electron chi connectivity index (χ1n) is 5.83. The van der Waals surface area contributed by atoms with Crippen molar-refractivity contribution < 1.29 is 4.79 Å². The molecule has 0 aliphatic carbocycles. The van der Waals surface area contributed by atoms with E-state index >= 15 is 0 Å². The number of nitrogens with two attached hydrogens (primary N) is 1. The molecule has 4 heteroatoms. The van der Waals surface area contributed by atoms with Crippen molar-refractivity contribution in [1.29, 1.82) is 0 Å². The Labute approximate surface area is 110 Å². The van der Waals surface area contributed by atoms with Gasteiger partial charge in [-0.25, -0.2) is 0 Å². The van der Waals surface area contributed by atoms with E-state index in [0.29, 0.717) is 23.1 Å². The van der Waals surface area contributed by atoms with Crippen molar-refractivity contribution in [3.05, 3.63) is 28.2 Å². The molecule has 92 valence electrons. The molecule has 1 aromatic rings. The van der Waals surface area contributed by atoms with Gasteiger partial charge in [0.15, 0.2) is 0 Å². The third-order valence-corrected chi connectivity index (χ3v) is 4.01. The fraction of sp³-hybridized carbons (Fsp3) is 0.462. The summed E-state index contributed by atoms with van der Waals surface area (Å²) in [6.45, 7) is 6.02. The first-order chi connectivity index (χ1) is 7.99. The molecule has 0 spiro atoms. The summed E-state index contributed by atoms with van der Waals surface area (Å²) in [4.78, 5) is 14.2. The Balaban J connectivity index is 2.20. The number of carbonyl (C=O) groups is 1. The topological polar surface area (TPSA) is 46.3 Å². The lowest BCUT2D eigenvalue weighted by Crippen LogP contribution is -2.29. The molecule has 1 fully saturated rings. The number of anilines is 1. The molecule has 1 heterocycles. The summed E-state index contributed by atoms with van der Waals surface area (Å²) in [6, 6.07) is 5.41. The molecule has 1 aromatic carbocycles. The van der Waals surface area contributed by atoms with Crippen LogP contribution in [0.4, 0.5) is 5.69 Å². The number of halogens is 1. The molecule has 1 amide bonds. The number of hydrogen-bond acceptors (Lipinski definition) is 2. The van der Waals surface area contributed by atoms with Crippen molar-refractivity contribution in [3.63, 3.8) is 0 Å². The van der Waals surface area contributed by atoms with Crippen LogP contribution in [0.5, 0.6) is 0 Å². The molecule has 0 aromatic heterocycles. The number of likely N-dealkylation sites (tertiary alicyclic amines) is 1. The van der Waals surface area contributed by atoms with Crippen LogP contribution in [0.25, 0.3) is 0 Å². The summed E-state index contributed by atoms with van der Waals surface area (Å²) >= 11 is 3.34. The average molecular weight is 297 g/mol. The summed E-state index contributed by atoms with van der Waals surface area (Å²) in [5.74, 6) is 1.18. The van der Waals surface area contributed by atoms with E-state index in [0.717, 1.165) is 17.6 Å². The van der Waals surface area contributed by atoms with E-state index in [1.807, 2.05) is 11.0 Å². The monoisotopic (exact) mass is 296 g/mol. The van der Waals surface area contributed by atoms with Crippen molar-refractivity contribution in [2.24, 2.45) is 11.8 Å². The average Bonchev–Trinajstić information content (AvgIpc) is 2.58. The number of amides is 1. The maximum Gasteiger partial charge on any atom is 0.255 e. The number of nitrogen functional groups attached to an aromatic ring is 1. The van der Waals surface area contributed by atoms with Crippen molar-refractivity contribution >= 4 is 27.5 Å². The lowest BCUT2D eigenvalue weighted by molar-refractivity contribution is 0.0786. The molecule has 2 rings (SSSR count). The lowest BCUT2D eigenvalue weighted by Gasteiger charge is -2.17. The highest BCUT2D eigenvalue weighted by atomic mass is 79.9. The third kappa shape index (κ3) is 2.46. The van der Waals surface area contributed by atoms with E-state index in [1.54, 1.807) is 12.1 Å². The van der Waals surface area contributed by atoms with Gasteiger partial charge in [0.2, 0.25) is 0 Å². The molecule has 2 atom stereocenters. The van der Waals surface area contributed by atoms with E-state index in [2.05, 4.69) is 29.8 Å². The van der Waals surface area contributed by atoms with Gasteiger partial charge in [-0.3, -0.25) is 4.79 Å². The van der Waals surface area contributed by atoms with Crippen LogP contribution in [0.3, 0.4) is 0 Å². The number of nitrogens with zero attached hydrogens (tertiary/aromatic N) is 1. The number of rotatable bonds is 1. The van der Waals surface area contributed by atoms with Gasteiger partial charge in [0.1, 0.15) is 0 Å². The van der Waals surface area contributed by atoms with Gasteiger partial charge in [0.25, 0.3) is 5.91 Å². The second-order valence-electron chi connectivity index (χ2n) is 4.90. The molecule has 0 saturated carbocycles. The summed E-state index contributed by atoms with van der Waals surface area (Å²) in [6.07, 6.45) is 0. The van der Waals surface area contributed by atoms with Gasteiger partial charge in [-0.2, -0.15) is 0 Å². The smallest absolute Gasteiger partial charge is 0.255 e. The Morgan fingerprint density at radius 2 is 1.94 bits per heavy atom. The summed E-state index contributed by atoms with van der Waals surface area (Å²) in [5.41, 5.74) is 7.03. The van der Waals surface area contributed by atoms with Crippen LogP contribution in [-0.2, 0) is 0 Å². The molecule has 0 radical (unpaired) electrons. The predicted octanol–water partition coefficient (Wildman–Crippen LogP) is 2.76. The van der Waals surface area contributed by atoms with Crippen LogP contribution in [-0.4, -0.2) is 23.9 Å². The minimum atomic E-state index is 0.0474. The first-order valence-corrected chi connectivity index (χ1v) is 6.62. The van der Waals surface area contributed by atoms with E-state index in [-0.39, 0.29) is 5.91 Å². The normalized spacial score (nSPS) is 24.1. The SMILES string of the molecule is CC1CN(C(=O)c2ccc(Br)cc2N)CC1C. The van der Waals surface area contributed by atoms with E-state index in [1.165, 1.54) is 0 Å². The second kappa shape index (κ2) is 4.69. The molecular formula is C13H17BrN2O. The van der Waals surface area contributed by atoms with E-state index in [4.69, 9.17) is 5.73 Å². The molecule has 2 unspecified atom stereocenters. The predicted molar refractivity (Wildman–Crippen MR) is 72.8 cm³/mol. The van der Waals surface area contributed by atoms with Crippen molar-refractivity contribution in [2.45, 2.75) is 13.8 Å². The van der Waals surface area contributed by atoms with Crippen molar-refractivity contribution in [1.82, 2.24) is 4.90 Å². The lowest BCUT2D eigenvalue weighted by atomic mass is 10.0. The van der Waals surface area contributed by atoms with Crippen LogP contribution in [0.1, 0.15) is 24.2 Å². The summed E-state index contributed by atoms with van der Waals surface area (Å²) < 4.78 is 0.898. The second-order valence-corrected chi connectivity index (χ2v) is 5.81. The zero-order chi connectivity index (χ0) is 12.6. The minimum Gasteiger partial charge on any atom is -0.398 e. The van der Waals surface area contributed by atoms with Gasteiger partial charge in [-0.05, 0) is 30.0 Å². The molecule has 1 aliphatic heterocycles. The Kier molecular flexibility index (Phi) is 3.43. The molecule has 3 nitrogen and oxygen atoms in total. The van der Waals surface area contributed by atoms with Crippen LogP contribution < -0.4 is 5.73 Å². The largest absolute Gasteiger partial charge is 0.398 e. The van der Waals surface area contributed by atoms with Gasteiger partial charge in [0, 0.05) is 23.2 Å². The molecule has 2 N–H and O–H groups in total. The Hall–Kier alpha value is -1.03. The number of hydrogen-bond donors (Lipinski definition) is 1. The quantitative estimate of drug-likeness (QED) is 0.810. The van der Waals surface area contributed by atoms with Gasteiger partial charge >= 0.3 is 0 Å². The maximum atomic E-state index is 12.3. The van der Waals surface area contributed by atoms with Crippen molar-refractivity contribution in [3.8, 4) is 0 Å². The maximum absolute atomic E-state index is 12.3. The highest BCUT2D eigenvalue weighted by molar-refractivity contribution is 9.10. The third-order valence-electron chi connectivity index (χ3n) is 3.52. The van der Waals surface area contributed by atoms with Gasteiger partial charge in [-0.15, -0.1) is 0 Å². The fourth-order valence-corrected chi connectivity index (χ4v) is 2.57. The van der Waals surface area contributed by atoms with Gasteiger partial charge in [0.05, 0.1) is 5.56 Å². The van der Waals surface area contributed by atoms with E-state index in [9.17, 15) is 4.79 Å². The first kappa shape index (κ1) is 12.4. The van der Waals surface area contributed by atoms with Crippen molar-refractivity contribution in [2.75, 3.05) is 18.8 Å². The Morgan fingerprint density at radius 1 is 1.35 bits per heavy atom. The van der Waals surface area contributed by atoms with Crippen LogP contribution in [0.2, 0.25) is 0 Å². The Bertz CT molecular complexity index is 437. The zero-order valence-electron chi connectivity index (χ0n) is 10.1. The van der Waals surface area contributed by atoms with E-state index < -0.39 is 0 Å². The molecule has 0 bridgehead atoms. The van der Waals surface area contributed by atoms with Crippen LogP contribution in [0, 0.1) is 11.8 Å². The van der Waals surface area contributed by atoms with Gasteiger partial charge < -0.3 is 10.6 Å². The number of benzene rings is 1. The minimum absolute atomic E-state index is 0.0474. The highest BCUT2D eigenvalue weighted by Gasteiger charge is 2.30. The standard InChI is InChI=1S/C13H17BrN2O/c1-8-6-16(7-9(8)2)13(17)11-4-3-10(14)5-12(11)15/h3-5,8-9H,6-7,15H2,1-2H3. The molecule has 1 aliphatic rings. The summed E-state index contributed by atoms with van der Waals surface area (Å²) in [7, 11) is 0. The summed E-state index contributed by atoms with van der Waals surface area (Å²) in [5, 5.41) is 0. The Morgan fingerprint density at radius 3 is 2.47 bits per heavy atom. The molecule has 17 heavy (non-hydrogen) atoms. The highest BCUT2D eigenvalue weighted by Crippen LogP contribution is 2.26. The van der Waals surface area contributed by atoms with Crippen LogP contribution >= 0.6 is 15.9 Å². The van der Waals surface area contributed by atoms with Gasteiger partial charge in [-0.1, -0.05) is 29.8 Å². The number of carbonyl (C=O) groups excluding carboxylic acids is 1. The molecular weight excluding hydrogens is 280 g/mol. The molecule has 1 saturated heterocycles.